The summed E-state index contributed by atoms with van der Waals surface area (Å²) in [5.41, 5.74) is 0.460. The van der Waals surface area contributed by atoms with E-state index in [-0.39, 0.29) is 22.9 Å². The molecule has 3 rings (SSSR count). The lowest BCUT2D eigenvalue weighted by atomic mass is 9.69. The molecule has 3 atom stereocenters. The molecule has 2 bridgehead atoms. The molecule has 1 aromatic heterocycles. The van der Waals surface area contributed by atoms with Crippen LogP contribution in [-0.4, -0.2) is 16.5 Å². The summed E-state index contributed by atoms with van der Waals surface area (Å²) in [5, 5.41) is 3.24. The molecule has 0 saturated heterocycles. The number of nitrogens with zero attached hydrogens (tertiary/aromatic N) is 1. The van der Waals surface area contributed by atoms with Crippen molar-refractivity contribution in [2.75, 3.05) is 0 Å². The van der Waals surface area contributed by atoms with Gasteiger partial charge in [0.25, 0.3) is 5.56 Å². The second-order valence-electron chi connectivity index (χ2n) is 7.71. The Balaban J connectivity index is 1.60. The molecule has 2 aliphatic carbocycles. The first-order valence-corrected chi connectivity index (χ1v) is 8.29. The molecule has 2 saturated carbocycles. The highest BCUT2D eigenvalue weighted by Crippen LogP contribution is 2.65. The summed E-state index contributed by atoms with van der Waals surface area (Å²) in [6, 6.07) is 5.34. The third kappa shape index (κ3) is 2.29. The van der Waals surface area contributed by atoms with Crippen LogP contribution in [0.5, 0.6) is 0 Å². The van der Waals surface area contributed by atoms with E-state index in [1.807, 2.05) is 6.07 Å². The number of pyridine rings is 1. The number of carbonyl (C=O) groups excluding carboxylic acids is 1. The molecule has 0 aromatic carbocycles. The van der Waals surface area contributed by atoms with Gasteiger partial charge in [0.05, 0.1) is 0 Å². The van der Waals surface area contributed by atoms with Gasteiger partial charge in [-0.05, 0) is 42.1 Å². The molecule has 1 amide bonds. The van der Waals surface area contributed by atoms with Gasteiger partial charge < -0.3 is 9.88 Å². The molecule has 3 unspecified atom stereocenters. The zero-order valence-electron chi connectivity index (χ0n) is 13.8. The van der Waals surface area contributed by atoms with Crippen molar-refractivity contribution in [2.45, 2.75) is 59.0 Å². The first-order chi connectivity index (χ1) is 10.3. The van der Waals surface area contributed by atoms with E-state index >= 15 is 0 Å². The van der Waals surface area contributed by atoms with Crippen LogP contribution in [0.3, 0.4) is 0 Å². The minimum Gasteiger partial charge on any atom is -0.353 e. The summed E-state index contributed by atoms with van der Waals surface area (Å²) in [5.74, 6) is 0.782. The van der Waals surface area contributed by atoms with Crippen LogP contribution in [0, 0.1) is 16.7 Å². The molecule has 1 heterocycles. The molecular formula is C18H26N2O2. The Bertz CT molecular complexity index is 634. The van der Waals surface area contributed by atoms with E-state index in [4.69, 9.17) is 0 Å². The highest BCUT2D eigenvalue weighted by atomic mass is 16.2. The maximum Gasteiger partial charge on any atom is 0.250 e. The molecule has 1 N–H and O–H groups in total. The van der Waals surface area contributed by atoms with Crippen molar-refractivity contribution in [3.05, 3.63) is 34.7 Å². The number of amides is 1. The Morgan fingerprint density at radius 2 is 2.14 bits per heavy atom. The van der Waals surface area contributed by atoms with Crippen molar-refractivity contribution in [1.82, 2.24) is 9.88 Å². The lowest BCUT2D eigenvalue weighted by molar-refractivity contribution is -0.123. The van der Waals surface area contributed by atoms with E-state index in [9.17, 15) is 9.59 Å². The van der Waals surface area contributed by atoms with Crippen LogP contribution in [-0.2, 0) is 11.3 Å². The van der Waals surface area contributed by atoms with Crippen LogP contribution in [0.15, 0.2) is 29.2 Å². The Morgan fingerprint density at radius 1 is 1.36 bits per heavy atom. The van der Waals surface area contributed by atoms with Crippen molar-refractivity contribution in [3.63, 3.8) is 0 Å². The van der Waals surface area contributed by atoms with E-state index in [2.05, 4.69) is 26.1 Å². The normalized spacial score (nSPS) is 32.1. The molecule has 4 heteroatoms. The van der Waals surface area contributed by atoms with Crippen LogP contribution in [0.1, 0.15) is 46.5 Å². The third-order valence-electron chi connectivity index (χ3n) is 6.61. The largest absolute Gasteiger partial charge is 0.353 e. The molecule has 22 heavy (non-hydrogen) atoms. The Labute approximate surface area is 131 Å². The lowest BCUT2D eigenvalue weighted by Gasteiger charge is -2.39. The van der Waals surface area contributed by atoms with Gasteiger partial charge in [0.15, 0.2) is 0 Å². The van der Waals surface area contributed by atoms with Gasteiger partial charge in [-0.3, -0.25) is 9.59 Å². The van der Waals surface area contributed by atoms with E-state index in [0.717, 1.165) is 12.3 Å². The minimum atomic E-state index is -0.0525. The van der Waals surface area contributed by atoms with Crippen LogP contribution >= 0.6 is 0 Å². The fourth-order valence-corrected chi connectivity index (χ4v) is 4.56. The SMILES string of the molecule is CC1(C)C2CCC1(C)C(NC(=O)CCn1ccccc1=O)C2. The number of rotatable bonds is 4. The van der Waals surface area contributed by atoms with Gasteiger partial charge >= 0.3 is 0 Å². The molecule has 120 valence electrons. The molecule has 4 nitrogen and oxygen atoms in total. The van der Waals surface area contributed by atoms with Gasteiger partial charge in [0, 0.05) is 31.3 Å². The fourth-order valence-electron chi connectivity index (χ4n) is 4.56. The first kappa shape index (κ1) is 15.3. The van der Waals surface area contributed by atoms with Gasteiger partial charge in [-0.2, -0.15) is 0 Å². The highest BCUT2D eigenvalue weighted by molar-refractivity contribution is 5.76. The monoisotopic (exact) mass is 302 g/mol. The fraction of sp³-hybridized carbons (Fsp3) is 0.667. The second kappa shape index (κ2) is 5.25. The zero-order chi connectivity index (χ0) is 16.0. The van der Waals surface area contributed by atoms with Crippen LogP contribution in [0.4, 0.5) is 0 Å². The number of fused-ring (bicyclic) bond motifs is 2. The van der Waals surface area contributed by atoms with Gasteiger partial charge in [-0.1, -0.05) is 26.8 Å². The molecule has 2 fully saturated rings. The number of aromatic nitrogens is 1. The topological polar surface area (TPSA) is 51.1 Å². The number of hydrogen-bond donors (Lipinski definition) is 1. The maximum absolute atomic E-state index is 12.3. The van der Waals surface area contributed by atoms with E-state index in [0.29, 0.717) is 18.4 Å². The Hall–Kier alpha value is -1.58. The minimum absolute atomic E-state index is 0.0525. The predicted octanol–water partition coefficient (Wildman–Crippen LogP) is 2.57. The van der Waals surface area contributed by atoms with Crippen molar-refractivity contribution >= 4 is 5.91 Å². The average Bonchev–Trinajstić information content (AvgIpc) is 2.80. The van der Waals surface area contributed by atoms with Crippen molar-refractivity contribution < 1.29 is 4.79 Å². The number of carbonyl (C=O) groups is 1. The summed E-state index contributed by atoms with van der Waals surface area (Å²) in [6.07, 6.45) is 5.68. The molecule has 0 spiro atoms. The van der Waals surface area contributed by atoms with Gasteiger partial charge in [0.2, 0.25) is 5.91 Å². The van der Waals surface area contributed by atoms with Crippen molar-refractivity contribution in [2.24, 2.45) is 16.7 Å². The highest BCUT2D eigenvalue weighted by Gasteiger charge is 2.61. The third-order valence-corrected chi connectivity index (χ3v) is 6.61. The molecule has 1 aromatic rings. The van der Waals surface area contributed by atoms with Crippen LogP contribution in [0.25, 0.3) is 0 Å². The standard InChI is InChI=1S/C18H26N2O2/c1-17(2)13-7-9-18(17,3)14(12-13)19-15(21)8-11-20-10-5-4-6-16(20)22/h4-6,10,13-14H,7-9,11-12H2,1-3H3,(H,19,21). The average molecular weight is 302 g/mol. The summed E-state index contributed by atoms with van der Waals surface area (Å²) in [6.45, 7) is 7.47. The van der Waals surface area contributed by atoms with Crippen molar-refractivity contribution in [3.8, 4) is 0 Å². The van der Waals surface area contributed by atoms with E-state index < -0.39 is 0 Å². The quantitative estimate of drug-likeness (QED) is 0.929. The van der Waals surface area contributed by atoms with E-state index in [1.54, 1.807) is 16.8 Å². The van der Waals surface area contributed by atoms with E-state index in [1.165, 1.54) is 18.9 Å². The smallest absolute Gasteiger partial charge is 0.250 e. The summed E-state index contributed by atoms with van der Waals surface area (Å²) < 4.78 is 1.59. The summed E-state index contributed by atoms with van der Waals surface area (Å²) in [7, 11) is 0. The predicted molar refractivity (Wildman–Crippen MR) is 86.5 cm³/mol. The first-order valence-electron chi connectivity index (χ1n) is 8.29. The molecule has 0 radical (unpaired) electrons. The number of aryl methyl sites for hydroxylation is 1. The summed E-state index contributed by atoms with van der Waals surface area (Å²) in [4.78, 5) is 23.9. The van der Waals surface area contributed by atoms with Crippen LogP contribution in [0.2, 0.25) is 0 Å². The van der Waals surface area contributed by atoms with Gasteiger partial charge in [-0.25, -0.2) is 0 Å². The molecule has 0 aliphatic heterocycles. The number of nitrogens with one attached hydrogen (secondary N) is 1. The van der Waals surface area contributed by atoms with Gasteiger partial charge in [0.1, 0.15) is 0 Å². The second-order valence-corrected chi connectivity index (χ2v) is 7.71. The molecular weight excluding hydrogens is 276 g/mol. The lowest BCUT2D eigenvalue weighted by Crippen LogP contribution is -2.47. The molecule has 2 aliphatic rings. The zero-order valence-corrected chi connectivity index (χ0v) is 13.8. The Morgan fingerprint density at radius 3 is 2.73 bits per heavy atom. The number of hydrogen-bond acceptors (Lipinski definition) is 2. The summed E-state index contributed by atoms with van der Waals surface area (Å²) >= 11 is 0. The Kier molecular flexibility index (Phi) is 3.66. The van der Waals surface area contributed by atoms with Crippen LogP contribution < -0.4 is 10.9 Å². The maximum atomic E-state index is 12.3. The van der Waals surface area contributed by atoms with Gasteiger partial charge in [-0.15, -0.1) is 0 Å². The van der Waals surface area contributed by atoms with Crippen molar-refractivity contribution in [1.29, 1.82) is 0 Å².